The van der Waals surface area contributed by atoms with Crippen molar-refractivity contribution < 1.29 is 23.2 Å². The molecule has 1 rings (SSSR count). The SMILES string of the molecule is CCCC(NC(=O)Nc1ccc(Br)cc1)C(=O)NCP(=O)(OCC)OCC. The number of hydrogen-bond acceptors (Lipinski definition) is 5. The van der Waals surface area contributed by atoms with Crippen LogP contribution in [-0.2, 0) is 18.4 Å². The lowest BCUT2D eigenvalue weighted by Crippen LogP contribution is -2.48. The third kappa shape index (κ3) is 8.88. The molecule has 0 spiro atoms. The Balaban J connectivity index is 2.64. The molecule has 0 saturated heterocycles. The van der Waals surface area contributed by atoms with Crippen molar-refractivity contribution in [2.45, 2.75) is 39.7 Å². The smallest absolute Gasteiger partial charge is 0.343 e. The average Bonchev–Trinajstić information content (AvgIpc) is 2.62. The molecule has 0 aromatic heterocycles. The predicted molar refractivity (Wildman–Crippen MR) is 109 cm³/mol. The number of nitrogens with one attached hydrogen (secondary N) is 3. The highest BCUT2D eigenvalue weighted by atomic mass is 79.9. The van der Waals surface area contributed by atoms with Crippen molar-refractivity contribution in [2.24, 2.45) is 0 Å². The van der Waals surface area contributed by atoms with Gasteiger partial charge in [-0.1, -0.05) is 29.3 Å². The number of anilines is 1. The summed E-state index contributed by atoms with van der Waals surface area (Å²) in [7, 11) is -3.39. The summed E-state index contributed by atoms with van der Waals surface area (Å²) in [5.41, 5.74) is 0.601. The highest BCUT2D eigenvalue weighted by Gasteiger charge is 2.27. The molecule has 0 fully saturated rings. The third-order valence-corrected chi connectivity index (χ3v) is 5.78. The molecule has 1 aromatic rings. The summed E-state index contributed by atoms with van der Waals surface area (Å²) in [5, 5.41) is 7.86. The molecule has 27 heavy (non-hydrogen) atoms. The summed E-state index contributed by atoms with van der Waals surface area (Å²) in [4.78, 5) is 24.6. The van der Waals surface area contributed by atoms with Crippen LogP contribution >= 0.6 is 23.5 Å². The maximum atomic E-state index is 12.4. The number of carbonyl (C=O) groups excluding carboxylic acids is 2. The van der Waals surface area contributed by atoms with E-state index in [2.05, 4.69) is 31.9 Å². The summed E-state index contributed by atoms with van der Waals surface area (Å²) in [6.45, 7) is 5.71. The number of urea groups is 1. The van der Waals surface area contributed by atoms with E-state index in [9.17, 15) is 14.2 Å². The molecule has 0 radical (unpaired) electrons. The topological polar surface area (TPSA) is 106 Å². The van der Waals surface area contributed by atoms with Gasteiger partial charge in [0, 0.05) is 10.2 Å². The van der Waals surface area contributed by atoms with Crippen LogP contribution in [0.15, 0.2) is 28.7 Å². The van der Waals surface area contributed by atoms with E-state index >= 15 is 0 Å². The van der Waals surface area contributed by atoms with Crippen LogP contribution in [0, 0.1) is 0 Å². The van der Waals surface area contributed by atoms with Gasteiger partial charge >= 0.3 is 13.6 Å². The minimum atomic E-state index is -3.39. The lowest BCUT2D eigenvalue weighted by Gasteiger charge is -2.21. The molecule has 0 bridgehead atoms. The molecule has 10 heteroatoms. The minimum Gasteiger partial charge on any atom is -0.343 e. The van der Waals surface area contributed by atoms with E-state index in [1.165, 1.54) is 0 Å². The molecule has 1 aromatic carbocycles. The summed E-state index contributed by atoms with van der Waals surface area (Å²) in [6, 6.07) is 5.80. The highest BCUT2D eigenvalue weighted by molar-refractivity contribution is 9.10. The summed E-state index contributed by atoms with van der Waals surface area (Å²) >= 11 is 3.32. The van der Waals surface area contributed by atoms with Crippen LogP contribution in [0.1, 0.15) is 33.6 Å². The fraction of sp³-hybridized carbons (Fsp3) is 0.529. The van der Waals surface area contributed by atoms with Gasteiger partial charge in [-0.15, -0.1) is 0 Å². The van der Waals surface area contributed by atoms with Crippen LogP contribution in [0.3, 0.4) is 0 Å². The standard InChI is InChI=1S/C17H27BrN3O5P/c1-4-7-15(16(22)19-12-27(24,25-5-2)26-6-3)21-17(23)20-14-10-8-13(18)9-11-14/h8-11,15H,4-7,12H2,1-3H3,(H,19,22)(H2,20,21,23). The number of carbonyl (C=O) groups is 2. The molecule has 0 heterocycles. The first-order valence-electron chi connectivity index (χ1n) is 8.82. The van der Waals surface area contributed by atoms with Crippen molar-refractivity contribution >= 4 is 41.2 Å². The molecule has 0 aliphatic carbocycles. The van der Waals surface area contributed by atoms with E-state index in [4.69, 9.17) is 9.05 Å². The van der Waals surface area contributed by atoms with Crippen molar-refractivity contribution in [1.29, 1.82) is 0 Å². The zero-order valence-corrected chi connectivity index (χ0v) is 18.3. The Morgan fingerprint density at radius 1 is 1.11 bits per heavy atom. The van der Waals surface area contributed by atoms with Gasteiger partial charge in [-0.3, -0.25) is 9.36 Å². The zero-order chi connectivity index (χ0) is 20.3. The number of amides is 3. The first kappa shape index (κ1) is 23.6. The quantitative estimate of drug-likeness (QED) is 0.428. The average molecular weight is 464 g/mol. The lowest BCUT2D eigenvalue weighted by atomic mass is 10.1. The monoisotopic (exact) mass is 463 g/mol. The van der Waals surface area contributed by atoms with Crippen molar-refractivity contribution in [2.75, 3.05) is 24.8 Å². The normalized spacial score (nSPS) is 12.3. The Labute approximate surface area is 168 Å². The van der Waals surface area contributed by atoms with E-state index in [-0.39, 0.29) is 19.5 Å². The van der Waals surface area contributed by atoms with Gasteiger partial charge < -0.3 is 25.0 Å². The lowest BCUT2D eigenvalue weighted by molar-refractivity contribution is -0.122. The Hall–Kier alpha value is -1.41. The van der Waals surface area contributed by atoms with Gasteiger partial charge in [-0.2, -0.15) is 0 Å². The summed E-state index contributed by atoms with van der Waals surface area (Å²) in [5.74, 6) is -0.442. The molecule has 1 atom stereocenters. The van der Waals surface area contributed by atoms with Gasteiger partial charge in [0.15, 0.2) is 0 Å². The largest absolute Gasteiger partial charge is 0.349 e. The Bertz CT molecular complexity index is 646. The fourth-order valence-corrected chi connectivity index (χ4v) is 3.89. The summed E-state index contributed by atoms with van der Waals surface area (Å²) in [6.07, 6.45) is 0.877. The van der Waals surface area contributed by atoms with Crippen LogP contribution in [0.4, 0.5) is 10.5 Å². The molecule has 0 aliphatic heterocycles. The maximum absolute atomic E-state index is 12.4. The number of benzene rings is 1. The molecule has 152 valence electrons. The number of halogens is 1. The van der Waals surface area contributed by atoms with Crippen molar-refractivity contribution in [1.82, 2.24) is 10.6 Å². The molecular weight excluding hydrogens is 437 g/mol. The van der Waals surface area contributed by atoms with Crippen molar-refractivity contribution in [3.63, 3.8) is 0 Å². The second-order valence-corrected chi connectivity index (χ2v) is 8.56. The first-order valence-corrected chi connectivity index (χ1v) is 11.3. The second-order valence-electron chi connectivity index (χ2n) is 5.59. The van der Waals surface area contributed by atoms with E-state index in [1.54, 1.807) is 38.1 Å². The van der Waals surface area contributed by atoms with Crippen LogP contribution in [0.2, 0.25) is 0 Å². The minimum absolute atomic E-state index is 0.208. The van der Waals surface area contributed by atoms with Gasteiger partial charge in [0.25, 0.3) is 0 Å². The molecule has 3 N–H and O–H groups in total. The highest BCUT2D eigenvalue weighted by Crippen LogP contribution is 2.46. The van der Waals surface area contributed by atoms with E-state index in [0.717, 1.165) is 4.47 Å². The Kier molecular flexibility index (Phi) is 10.6. The van der Waals surface area contributed by atoms with Gasteiger partial charge in [0.2, 0.25) is 5.91 Å². The Morgan fingerprint density at radius 3 is 2.22 bits per heavy atom. The predicted octanol–water partition coefficient (Wildman–Crippen LogP) is 4.08. The van der Waals surface area contributed by atoms with Gasteiger partial charge in [-0.25, -0.2) is 4.79 Å². The fourth-order valence-electron chi connectivity index (χ4n) is 2.24. The van der Waals surface area contributed by atoms with Crippen LogP contribution in [0.25, 0.3) is 0 Å². The number of rotatable bonds is 11. The van der Waals surface area contributed by atoms with Crippen LogP contribution < -0.4 is 16.0 Å². The van der Waals surface area contributed by atoms with Crippen LogP contribution in [0.5, 0.6) is 0 Å². The van der Waals surface area contributed by atoms with E-state index in [0.29, 0.717) is 18.5 Å². The molecule has 3 amide bonds. The van der Waals surface area contributed by atoms with Crippen molar-refractivity contribution in [3.8, 4) is 0 Å². The van der Waals surface area contributed by atoms with Gasteiger partial charge in [0.05, 0.1) is 13.2 Å². The third-order valence-electron chi connectivity index (χ3n) is 3.40. The Morgan fingerprint density at radius 2 is 1.70 bits per heavy atom. The molecule has 0 aliphatic rings. The molecular formula is C17H27BrN3O5P. The van der Waals surface area contributed by atoms with Gasteiger partial charge in [0.1, 0.15) is 12.3 Å². The van der Waals surface area contributed by atoms with E-state index < -0.39 is 25.6 Å². The number of hydrogen-bond donors (Lipinski definition) is 3. The zero-order valence-electron chi connectivity index (χ0n) is 15.8. The molecule has 0 saturated carbocycles. The van der Waals surface area contributed by atoms with Crippen LogP contribution in [-0.4, -0.2) is 37.5 Å². The van der Waals surface area contributed by atoms with E-state index in [1.807, 2.05) is 6.92 Å². The second kappa shape index (κ2) is 12.1. The summed E-state index contributed by atoms with van der Waals surface area (Å²) < 4.78 is 23.6. The first-order chi connectivity index (χ1) is 12.8. The van der Waals surface area contributed by atoms with Crippen molar-refractivity contribution in [3.05, 3.63) is 28.7 Å². The molecule has 1 unspecified atom stereocenters. The maximum Gasteiger partial charge on any atom is 0.349 e. The molecule has 8 nitrogen and oxygen atoms in total. The van der Waals surface area contributed by atoms with Gasteiger partial charge in [-0.05, 0) is 44.5 Å².